The topological polar surface area (TPSA) is 62.2 Å². The second-order valence-corrected chi connectivity index (χ2v) is 6.47. The van der Waals surface area contributed by atoms with E-state index in [9.17, 15) is 4.79 Å². The van der Waals surface area contributed by atoms with Crippen molar-refractivity contribution < 1.29 is 4.79 Å². The first kappa shape index (κ1) is 18.7. The van der Waals surface area contributed by atoms with E-state index in [0.29, 0.717) is 18.1 Å². The third-order valence-corrected chi connectivity index (χ3v) is 4.09. The molecule has 0 fully saturated rings. The first-order valence-corrected chi connectivity index (χ1v) is 8.90. The number of carbonyl (C=O) groups excluding carboxylic acids is 1. The molecule has 3 aromatic rings. The van der Waals surface area contributed by atoms with Crippen LogP contribution in [0.15, 0.2) is 67.1 Å². The van der Waals surface area contributed by atoms with Crippen LogP contribution in [0.25, 0.3) is 11.3 Å². The van der Waals surface area contributed by atoms with Gasteiger partial charge in [-0.2, -0.15) is 0 Å². The highest BCUT2D eigenvalue weighted by Gasteiger charge is 2.20. The third-order valence-electron chi connectivity index (χ3n) is 4.09. The molecule has 27 heavy (non-hydrogen) atoms. The smallest absolute Gasteiger partial charge is 0.260 e. The van der Waals surface area contributed by atoms with Gasteiger partial charge in [0.2, 0.25) is 5.95 Å². The summed E-state index contributed by atoms with van der Waals surface area (Å²) < 4.78 is 0. The molecule has 2 aromatic heterocycles. The van der Waals surface area contributed by atoms with E-state index in [4.69, 9.17) is 0 Å². The SMILES string of the molecule is CN(C)CCCN(C(=O)c1ccccc1)c1ncc(-c2ccccn2)cn1. The Morgan fingerprint density at radius 1 is 0.889 bits per heavy atom. The average molecular weight is 361 g/mol. The fourth-order valence-corrected chi connectivity index (χ4v) is 2.70. The Bertz CT molecular complexity index is 851. The molecule has 138 valence electrons. The van der Waals surface area contributed by atoms with Gasteiger partial charge in [0.25, 0.3) is 5.91 Å². The van der Waals surface area contributed by atoms with Gasteiger partial charge < -0.3 is 4.90 Å². The monoisotopic (exact) mass is 361 g/mol. The minimum absolute atomic E-state index is 0.0973. The Morgan fingerprint density at radius 2 is 1.59 bits per heavy atom. The lowest BCUT2D eigenvalue weighted by Gasteiger charge is -2.22. The first-order valence-electron chi connectivity index (χ1n) is 8.90. The lowest BCUT2D eigenvalue weighted by molar-refractivity contribution is 0.0984. The fourth-order valence-electron chi connectivity index (χ4n) is 2.70. The summed E-state index contributed by atoms with van der Waals surface area (Å²) in [4.78, 5) is 29.9. The highest BCUT2D eigenvalue weighted by Crippen LogP contribution is 2.18. The Hall–Kier alpha value is -3.12. The summed E-state index contributed by atoms with van der Waals surface area (Å²) in [5.74, 6) is 0.308. The molecule has 3 rings (SSSR count). The Morgan fingerprint density at radius 3 is 2.22 bits per heavy atom. The van der Waals surface area contributed by atoms with Crippen LogP contribution in [0.4, 0.5) is 5.95 Å². The number of pyridine rings is 1. The number of hydrogen-bond acceptors (Lipinski definition) is 5. The first-order chi connectivity index (χ1) is 13.1. The second-order valence-electron chi connectivity index (χ2n) is 6.47. The van der Waals surface area contributed by atoms with Crippen molar-refractivity contribution in [2.75, 3.05) is 32.1 Å². The van der Waals surface area contributed by atoms with Crippen molar-refractivity contribution in [3.8, 4) is 11.3 Å². The molecule has 0 radical (unpaired) electrons. The number of hydrogen-bond donors (Lipinski definition) is 0. The van der Waals surface area contributed by atoms with Gasteiger partial charge in [-0.05, 0) is 51.3 Å². The third kappa shape index (κ3) is 4.95. The van der Waals surface area contributed by atoms with Crippen LogP contribution in [0.2, 0.25) is 0 Å². The van der Waals surface area contributed by atoms with Crippen molar-refractivity contribution in [2.45, 2.75) is 6.42 Å². The maximum Gasteiger partial charge on any atom is 0.260 e. The van der Waals surface area contributed by atoms with Gasteiger partial charge in [0, 0.05) is 36.3 Å². The van der Waals surface area contributed by atoms with E-state index in [0.717, 1.165) is 24.2 Å². The zero-order valence-corrected chi connectivity index (χ0v) is 15.6. The number of carbonyl (C=O) groups is 1. The lowest BCUT2D eigenvalue weighted by Crippen LogP contribution is -2.34. The average Bonchev–Trinajstić information content (AvgIpc) is 2.72. The van der Waals surface area contributed by atoms with Gasteiger partial charge in [-0.1, -0.05) is 24.3 Å². The van der Waals surface area contributed by atoms with Crippen LogP contribution >= 0.6 is 0 Å². The predicted octanol–water partition coefficient (Wildman–Crippen LogP) is 3.14. The van der Waals surface area contributed by atoms with Gasteiger partial charge >= 0.3 is 0 Å². The molecule has 0 aliphatic rings. The molecule has 0 unspecified atom stereocenters. The zero-order chi connectivity index (χ0) is 19.1. The molecule has 0 N–H and O–H groups in total. The molecule has 0 spiro atoms. The number of aromatic nitrogens is 3. The summed E-state index contributed by atoms with van der Waals surface area (Å²) in [5.41, 5.74) is 2.25. The van der Waals surface area contributed by atoms with Crippen LogP contribution in [-0.4, -0.2) is 52.9 Å². The largest absolute Gasteiger partial charge is 0.309 e. The normalized spacial score (nSPS) is 10.8. The minimum atomic E-state index is -0.0973. The van der Waals surface area contributed by atoms with Gasteiger partial charge in [0.1, 0.15) is 0 Å². The number of rotatable bonds is 7. The Kier molecular flexibility index (Phi) is 6.22. The van der Waals surface area contributed by atoms with Crippen LogP contribution in [0.5, 0.6) is 0 Å². The van der Waals surface area contributed by atoms with E-state index < -0.39 is 0 Å². The van der Waals surface area contributed by atoms with Crippen LogP contribution in [0.1, 0.15) is 16.8 Å². The van der Waals surface area contributed by atoms with E-state index >= 15 is 0 Å². The highest BCUT2D eigenvalue weighted by atomic mass is 16.2. The van der Waals surface area contributed by atoms with E-state index in [-0.39, 0.29) is 5.91 Å². The number of benzene rings is 1. The van der Waals surface area contributed by atoms with Crippen LogP contribution in [-0.2, 0) is 0 Å². The highest BCUT2D eigenvalue weighted by molar-refractivity contribution is 6.05. The van der Waals surface area contributed by atoms with Crippen LogP contribution < -0.4 is 4.90 Å². The zero-order valence-electron chi connectivity index (χ0n) is 15.6. The Balaban J connectivity index is 1.84. The van der Waals surface area contributed by atoms with E-state index in [2.05, 4.69) is 19.9 Å². The molecule has 1 amide bonds. The van der Waals surface area contributed by atoms with Gasteiger partial charge in [-0.15, -0.1) is 0 Å². The van der Waals surface area contributed by atoms with Crippen LogP contribution in [0, 0.1) is 0 Å². The van der Waals surface area contributed by atoms with Crippen molar-refractivity contribution >= 4 is 11.9 Å². The quantitative estimate of drug-likeness (QED) is 0.647. The van der Waals surface area contributed by atoms with Crippen molar-refractivity contribution in [1.29, 1.82) is 0 Å². The molecule has 1 aromatic carbocycles. The Labute approximate surface area is 159 Å². The fraction of sp³-hybridized carbons (Fsp3) is 0.238. The van der Waals surface area contributed by atoms with Gasteiger partial charge in [-0.25, -0.2) is 9.97 Å². The molecular formula is C21H23N5O. The van der Waals surface area contributed by atoms with Gasteiger partial charge in [0.15, 0.2) is 0 Å². The van der Waals surface area contributed by atoms with Crippen LogP contribution in [0.3, 0.4) is 0 Å². The van der Waals surface area contributed by atoms with E-state index in [1.54, 1.807) is 23.5 Å². The molecule has 0 aliphatic carbocycles. The maximum absolute atomic E-state index is 13.0. The molecule has 0 saturated carbocycles. The van der Waals surface area contributed by atoms with Crippen molar-refractivity contribution in [3.63, 3.8) is 0 Å². The molecule has 0 aliphatic heterocycles. The minimum Gasteiger partial charge on any atom is -0.309 e. The number of anilines is 1. The van der Waals surface area contributed by atoms with E-state index in [1.165, 1.54) is 0 Å². The van der Waals surface area contributed by atoms with Gasteiger partial charge in [0.05, 0.1) is 5.69 Å². The summed E-state index contributed by atoms with van der Waals surface area (Å²) in [6.45, 7) is 1.43. The van der Waals surface area contributed by atoms with Crippen molar-refractivity contribution in [2.24, 2.45) is 0 Å². The summed E-state index contributed by atoms with van der Waals surface area (Å²) in [5, 5.41) is 0. The molecule has 0 atom stereocenters. The second kappa shape index (κ2) is 9.00. The predicted molar refractivity (Wildman–Crippen MR) is 107 cm³/mol. The molecule has 0 saturated heterocycles. The van der Waals surface area contributed by atoms with E-state index in [1.807, 2.05) is 62.6 Å². The molecule has 6 nitrogen and oxygen atoms in total. The summed E-state index contributed by atoms with van der Waals surface area (Å²) >= 11 is 0. The molecule has 2 heterocycles. The summed E-state index contributed by atoms with van der Waals surface area (Å²) in [6, 6.07) is 14.9. The van der Waals surface area contributed by atoms with Crippen molar-refractivity contribution in [3.05, 3.63) is 72.7 Å². The number of nitrogens with zero attached hydrogens (tertiary/aromatic N) is 5. The lowest BCUT2D eigenvalue weighted by atomic mass is 10.2. The molecular weight excluding hydrogens is 338 g/mol. The number of amides is 1. The summed E-state index contributed by atoms with van der Waals surface area (Å²) in [6.07, 6.45) is 5.98. The standard InChI is InChI=1S/C21H23N5O/c1-25(2)13-8-14-26(20(27)17-9-4-3-5-10-17)21-23-15-18(16-24-21)19-11-6-7-12-22-19/h3-7,9-12,15-16H,8,13-14H2,1-2H3. The molecule has 6 heteroatoms. The maximum atomic E-state index is 13.0. The van der Waals surface area contributed by atoms with Gasteiger partial charge in [-0.3, -0.25) is 14.7 Å². The summed E-state index contributed by atoms with van der Waals surface area (Å²) in [7, 11) is 4.03. The molecule has 0 bridgehead atoms. The van der Waals surface area contributed by atoms with Crippen molar-refractivity contribution in [1.82, 2.24) is 19.9 Å².